The molecule has 1 aliphatic heterocycles. The number of aryl methyl sites for hydroxylation is 1. The molecule has 1 saturated heterocycles. The van der Waals surface area contributed by atoms with Crippen LogP contribution in [0.5, 0.6) is 0 Å². The van der Waals surface area contributed by atoms with Crippen LogP contribution in [0, 0.1) is 6.92 Å². The van der Waals surface area contributed by atoms with Gasteiger partial charge in [0.15, 0.2) is 0 Å². The summed E-state index contributed by atoms with van der Waals surface area (Å²) >= 11 is 0. The van der Waals surface area contributed by atoms with Crippen LogP contribution in [0.1, 0.15) is 27.2 Å². The number of carbonyl (C=O) groups is 1. The van der Waals surface area contributed by atoms with Gasteiger partial charge in [-0.15, -0.1) is 0 Å². The molecule has 6 nitrogen and oxygen atoms in total. The molecule has 9 heteroatoms. The van der Waals surface area contributed by atoms with Gasteiger partial charge in [0, 0.05) is 42.8 Å². The lowest BCUT2D eigenvalue weighted by atomic mass is 10.1. The Bertz CT molecular complexity index is 1090. The zero-order valence-corrected chi connectivity index (χ0v) is 17.5. The van der Waals surface area contributed by atoms with Crippen LogP contribution in [0.2, 0.25) is 0 Å². The predicted octanol–water partition coefficient (Wildman–Crippen LogP) is 4.28. The smallest absolute Gasteiger partial charge is 0.379 e. The van der Waals surface area contributed by atoms with E-state index in [4.69, 9.17) is 4.74 Å². The zero-order chi connectivity index (χ0) is 22.7. The highest BCUT2D eigenvalue weighted by molar-refractivity contribution is 6.04. The summed E-state index contributed by atoms with van der Waals surface area (Å²) in [5.41, 5.74) is 1.57. The second kappa shape index (κ2) is 9.13. The minimum absolute atomic E-state index is 0.0589. The molecule has 0 spiro atoms. The molecule has 1 aliphatic rings. The number of benzene rings is 2. The highest BCUT2D eigenvalue weighted by Crippen LogP contribution is 2.33. The van der Waals surface area contributed by atoms with Crippen LogP contribution >= 0.6 is 0 Å². The van der Waals surface area contributed by atoms with Crippen LogP contribution in [0.15, 0.2) is 55.0 Å². The van der Waals surface area contributed by atoms with Gasteiger partial charge in [0.25, 0.3) is 5.91 Å². The summed E-state index contributed by atoms with van der Waals surface area (Å²) in [5, 5.41) is 2.59. The molecule has 1 amide bonds. The van der Waals surface area contributed by atoms with Gasteiger partial charge in [-0.05, 0) is 42.8 Å². The van der Waals surface area contributed by atoms with E-state index < -0.39 is 17.6 Å². The third kappa shape index (κ3) is 5.35. The molecule has 32 heavy (non-hydrogen) atoms. The highest BCUT2D eigenvalue weighted by atomic mass is 19.4. The number of ether oxygens (including phenoxy) is 1. The van der Waals surface area contributed by atoms with Crippen molar-refractivity contribution in [3.05, 3.63) is 77.4 Å². The van der Waals surface area contributed by atoms with Gasteiger partial charge in [0.05, 0.1) is 30.8 Å². The van der Waals surface area contributed by atoms with Gasteiger partial charge in [0.2, 0.25) is 0 Å². The number of nitrogens with zero attached hydrogens (tertiary/aromatic N) is 3. The largest absolute Gasteiger partial charge is 0.416 e. The second-order valence-electron chi connectivity index (χ2n) is 7.73. The monoisotopic (exact) mass is 444 g/mol. The molecule has 2 aromatic carbocycles. The maximum atomic E-state index is 13.4. The Morgan fingerprint density at radius 1 is 1.12 bits per heavy atom. The molecule has 4 rings (SSSR count). The number of hydrogen-bond acceptors (Lipinski definition) is 4. The van der Waals surface area contributed by atoms with E-state index >= 15 is 0 Å². The van der Waals surface area contributed by atoms with Crippen molar-refractivity contribution in [1.82, 2.24) is 14.5 Å². The lowest BCUT2D eigenvalue weighted by Crippen LogP contribution is -2.35. The van der Waals surface area contributed by atoms with Crippen LogP contribution in [-0.2, 0) is 17.5 Å². The maximum Gasteiger partial charge on any atom is 0.416 e. The van der Waals surface area contributed by atoms with Crippen LogP contribution in [0.3, 0.4) is 0 Å². The number of halogens is 3. The fourth-order valence-corrected chi connectivity index (χ4v) is 3.54. The van der Waals surface area contributed by atoms with Gasteiger partial charge in [-0.3, -0.25) is 9.69 Å². The topological polar surface area (TPSA) is 59.4 Å². The Balaban J connectivity index is 1.51. The molecule has 3 aromatic rings. The fraction of sp³-hybridized carbons (Fsp3) is 0.304. The quantitative estimate of drug-likeness (QED) is 0.638. The van der Waals surface area contributed by atoms with Crippen molar-refractivity contribution in [1.29, 1.82) is 0 Å². The van der Waals surface area contributed by atoms with E-state index in [2.05, 4.69) is 15.2 Å². The van der Waals surface area contributed by atoms with Gasteiger partial charge in [-0.25, -0.2) is 4.98 Å². The first kappa shape index (κ1) is 22.0. The van der Waals surface area contributed by atoms with E-state index in [9.17, 15) is 18.0 Å². The molecule has 168 valence electrons. The van der Waals surface area contributed by atoms with E-state index in [-0.39, 0.29) is 11.4 Å². The predicted molar refractivity (Wildman–Crippen MR) is 114 cm³/mol. The summed E-state index contributed by atoms with van der Waals surface area (Å²) in [5.74, 6) is -0.477. The van der Waals surface area contributed by atoms with Crippen molar-refractivity contribution < 1.29 is 22.7 Å². The number of rotatable bonds is 5. The molecule has 0 aliphatic carbocycles. The molecular weight excluding hydrogens is 421 g/mol. The number of anilines is 1. The van der Waals surface area contributed by atoms with Crippen molar-refractivity contribution >= 4 is 11.6 Å². The Labute approximate surface area is 183 Å². The molecule has 0 atom stereocenters. The van der Waals surface area contributed by atoms with Gasteiger partial charge in [-0.1, -0.05) is 12.1 Å². The summed E-state index contributed by atoms with van der Waals surface area (Å²) in [6, 6.07) is 10.5. The van der Waals surface area contributed by atoms with E-state index in [1.165, 1.54) is 17.0 Å². The van der Waals surface area contributed by atoms with E-state index in [0.29, 0.717) is 24.5 Å². The molecule has 0 saturated carbocycles. The van der Waals surface area contributed by atoms with Crippen LogP contribution in [0.25, 0.3) is 5.69 Å². The third-order valence-corrected chi connectivity index (χ3v) is 5.24. The number of alkyl halides is 3. The summed E-state index contributed by atoms with van der Waals surface area (Å²) in [4.78, 5) is 19.0. The molecule has 0 unspecified atom stereocenters. The maximum absolute atomic E-state index is 13.4. The fourth-order valence-electron chi connectivity index (χ4n) is 3.54. The SMILES string of the molecule is Cc1cn(-c2cc(NC(=O)c3ccc(CN4CCOCC4)cc3)cc(C(F)(F)F)c2)cn1. The zero-order valence-electron chi connectivity index (χ0n) is 17.5. The number of amides is 1. The lowest BCUT2D eigenvalue weighted by Gasteiger charge is -2.26. The lowest BCUT2D eigenvalue weighted by molar-refractivity contribution is -0.137. The number of hydrogen-bond donors (Lipinski definition) is 1. The van der Waals surface area contributed by atoms with Crippen molar-refractivity contribution in [2.45, 2.75) is 19.6 Å². The summed E-state index contributed by atoms with van der Waals surface area (Å²) in [7, 11) is 0. The normalized spacial score (nSPS) is 15.0. The Kier molecular flexibility index (Phi) is 6.29. The summed E-state index contributed by atoms with van der Waals surface area (Å²) in [6.07, 6.45) is -1.50. The number of nitrogens with one attached hydrogen (secondary N) is 1. The number of imidazole rings is 1. The van der Waals surface area contributed by atoms with E-state index in [1.54, 1.807) is 25.3 Å². The molecule has 1 fully saturated rings. The van der Waals surface area contributed by atoms with Gasteiger partial charge >= 0.3 is 6.18 Å². The minimum atomic E-state index is -4.55. The van der Waals surface area contributed by atoms with Crippen LogP contribution in [0.4, 0.5) is 18.9 Å². The third-order valence-electron chi connectivity index (χ3n) is 5.24. The Hall–Kier alpha value is -3.17. The van der Waals surface area contributed by atoms with Crippen molar-refractivity contribution in [3.63, 3.8) is 0 Å². The van der Waals surface area contributed by atoms with E-state index in [1.807, 2.05) is 12.1 Å². The number of morpholine rings is 1. The Morgan fingerprint density at radius 2 is 1.84 bits per heavy atom. The first-order chi connectivity index (χ1) is 15.3. The van der Waals surface area contributed by atoms with Gasteiger partial charge < -0.3 is 14.6 Å². The molecule has 1 N–H and O–H groups in total. The molecule has 0 radical (unpaired) electrons. The molecule has 0 bridgehead atoms. The summed E-state index contributed by atoms with van der Waals surface area (Å²) < 4.78 is 47.1. The van der Waals surface area contributed by atoms with Crippen LogP contribution < -0.4 is 5.32 Å². The number of aromatic nitrogens is 2. The first-order valence-electron chi connectivity index (χ1n) is 10.2. The van der Waals surface area contributed by atoms with Gasteiger partial charge in [0.1, 0.15) is 0 Å². The standard InChI is InChI=1S/C23H23F3N4O2/c1-16-13-30(15-27-16)21-11-19(23(24,25)26)10-20(12-21)28-22(31)18-4-2-17(3-5-18)14-29-6-8-32-9-7-29/h2-5,10-13,15H,6-9,14H2,1H3,(H,28,31). The second-order valence-corrected chi connectivity index (χ2v) is 7.73. The highest BCUT2D eigenvalue weighted by Gasteiger charge is 2.31. The number of carbonyl (C=O) groups excluding carboxylic acids is 1. The molecular formula is C23H23F3N4O2. The van der Waals surface area contributed by atoms with Crippen molar-refractivity contribution in [3.8, 4) is 5.69 Å². The average molecular weight is 444 g/mol. The van der Waals surface area contributed by atoms with Gasteiger partial charge in [-0.2, -0.15) is 13.2 Å². The van der Waals surface area contributed by atoms with Crippen molar-refractivity contribution in [2.24, 2.45) is 0 Å². The molecule has 2 heterocycles. The average Bonchev–Trinajstić information content (AvgIpc) is 3.20. The van der Waals surface area contributed by atoms with Crippen molar-refractivity contribution in [2.75, 3.05) is 31.6 Å². The Morgan fingerprint density at radius 3 is 2.47 bits per heavy atom. The van der Waals surface area contributed by atoms with Crippen LogP contribution in [-0.4, -0.2) is 46.7 Å². The first-order valence-corrected chi connectivity index (χ1v) is 10.2. The summed E-state index contributed by atoms with van der Waals surface area (Å²) in [6.45, 7) is 5.63. The van der Waals surface area contributed by atoms with E-state index in [0.717, 1.165) is 37.3 Å². The minimum Gasteiger partial charge on any atom is -0.379 e. The molecule has 1 aromatic heterocycles.